The SMILES string of the molecule is Cl.Clc1ccc([C@H]2CCNC2)cc1Cl. The van der Waals surface area contributed by atoms with Crippen LogP contribution in [0.1, 0.15) is 17.9 Å². The lowest BCUT2D eigenvalue weighted by Crippen LogP contribution is -2.07. The second kappa shape index (κ2) is 5.22. The van der Waals surface area contributed by atoms with Crippen molar-refractivity contribution in [2.45, 2.75) is 12.3 Å². The summed E-state index contributed by atoms with van der Waals surface area (Å²) >= 11 is 11.8. The number of benzene rings is 1. The second-order valence-corrected chi connectivity index (χ2v) is 4.18. The first-order valence-corrected chi connectivity index (χ1v) is 5.18. The summed E-state index contributed by atoms with van der Waals surface area (Å²) in [4.78, 5) is 0. The standard InChI is InChI=1S/C10H11Cl2N.ClH/c11-9-2-1-7(5-10(9)12)8-3-4-13-6-8;/h1-2,5,8,13H,3-4,6H2;1H/t8-;/m0./s1. The van der Waals surface area contributed by atoms with Gasteiger partial charge in [0.1, 0.15) is 0 Å². The number of rotatable bonds is 1. The van der Waals surface area contributed by atoms with Crippen LogP contribution in [0.5, 0.6) is 0 Å². The fraction of sp³-hybridized carbons (Fsp3) is 0.400. The predicted octanol–water partition coefficient (Wildman–Crippen LogP) is 3.49. The molecule has 1 atom stereocenters. The Labute approximate surface area is 100 Å². The Morgan fingerprint density at radius 2 is 2.00 bits per heavy atom. The Bertz CT molecular complexity index is 308. The van der Waals surface area contributed by atoms with Crippen molar-refractivity contribution < 1.29 is 0 Å². The van der Waals surface area contributed by atoms with E-state index >= 15 is 0 Å². The molecule has 1 aromatic carbocycles. The van der Waals surface area contributed by atoms with Gasteiger partial charge in [0, 0.05) is 6.54 Å². The highest BCUT2D eigenvalue weighted by Crippen LogP contribution is 2.28. The van der Waals surface area contributed by atoms with Gasteiger partial charge in [-0.3, -0.25) is 0 Å². The van der Waals surface area contributed by atoms with E-state index < -0.39 is 0 Å². The van der Waals surface area contributed by atoms with E-state index in [4.69, 9.17) is 23.2 Å². The van der Waals surface area contributed by atoms with Crippen molar-refractivity contribution in [3.05, 3.63) is 33.8 Å². The van der Waals surface area contributed by atoms with Crippen molar-refractivity contribution in [1.29, 1.82) is 0 Å². The third-order valence-electron chi connectivity index (χ3n) is 2.48. The highest BCUT2D eigenvalue weighted by Gasteiger charge is 2.16. The van der Waals surface area contributed by atoms with E-state index in [1.807, 2.05) is 12.1 Å². The molecule has 0 bridgehead atoms. The molecule has 0 aliphatic carbocycles. The Kier molecular flexibility index (Phi) is 4.52. The van der Waals surface area contributed by atoms with E-state index in [-0.39, 0.29) is 12.4 Å². The van der Waals surface area contributed by atoms with Gasteiger partial charge in [0.25, 0.3) is 0 Å². The third-order valence-corrected chi connectivity index (χ3v) is 3.21. The average Bonchev–Trinajstić information content (AvgIpc) is 2.62. The van der Waals surface area contributed by atoms with Gasteiger partial charge in [-0.2, -0.15) is 0 Å². The molecule has 1 aromatic rings. The summed E-state index contributed by atoms with van der Waals surface area (Å²) in [6.07, 6.45) is 1.19. The topological polar surface area (TPSA) is 12.0 Å². The first-order chi connectivity index (χ1) is 6.27. The van der Waals surface area contributed by atoms with Crippen molar-refractivity contribution in [2.75, 3.05) is 13.1 Å². The van der Waals surface area contributed by atoms with E-state index in [9.17, 15) is 0 Å². The molecule has 4 heteroatoms. The van der Waals surface area contributed by atoms with Crippen LogP contribution in [0.25, 0.3) is 0 Å². The van der Waals surface area contributed by atoms with Gasteiger partial charge >= 0.3 is 0 Å². The second-order valence-electron chi connectivity index (χ2n) is 3.36. The maximum atomic E-state index is 5.94. The summed E-state index contributed by atoms with van der Waals surface area (Å²) in [5.74, 6) is 0.606. The van der Waals surface area contributed by atoms with Gasteiger partial charge in [-0.1, -0.05) is 29.3 Å². The van der Waals surface area contributed by atoms with Gasteiger partial charge in [-0.25, -0.2) is 0 Å². The van der Waals surface area contributed by atoms with Crippen molar-refractivity contribution in [1.82, 2.24) is 5.32 Å². The van der Waals surface area contributed by atoms with E-state index in [1.54, 1.807) is 0 Å². The highest BCUT2D eigenvalue weighted by molar-refractivity contribution is 6.42. The lowest BCUT2D eigenvalue weighted by Gasteiger charge is -2.09. The van der Waals surface area contributed by atoms with Crippen molar-refractivity contribution in [3.63, 3.8) is 0 Å². The molecular weight excluding hydrogens is 240 g/mol. The molecule has 0 saturated carbocycles. The fourth-order valence-corrected chi connectivity index (χ4v) is 2.01. The smallest absolute Gasteiger partial charge is 0.0595 e. The first-order valence-electron chi connectivity index (χ1n) is 4.43. The normalized spacial score (nSPS) is 20.6. The summed E-state index contributed by atoms with van der Waals surface area (Å²) in [6, 6.07) is 5.91. The Balaban J connectivity index is 0.000000980. The van der Waals surface area contributed by atoms with Crippen LogP contribution in [-0.2, 0) is 0 Å². The van der Waals surface area contributed by atoms with Crippen molar-refractivity contribution >= 4 is 35.6 Å². The predicted molar refractivity (Wildman–Crippen MR) is 63.9 cm³/mol. The molecule has 1 heterocycles. The Hall–Kier alpha value is 0.0500. The molecule has 14 heavy (non-hydrogen) atoms. The average molecular weight is 253 g/mol. The molecule has 0 unspecified atom stereocenters. The summed E-state index contributed by atoms with van der Waals surface area (Å²) < 4.78 is 0. The summed E-state index contributed by atoms with van der Waals surface area (Å²) in [5.41, 5.74) is 1.29. The minimum Gasteiger partial charge on any atom is -0.316 e. The quantitative estimate of drug-likeness (QED) is 0.807. The van der Waals surface area contributed by atoms with E-state index in [0.717, 1.165) is 13.1 Å². The zero-order valence-electron chi connectivity index (χ0n) is 7.59. The van der Waals surface area contributed by atoms with E-state index in [1.165, 1.54) is 12.0 Å². The molecule has 0 spiro atoms. The minimum absolute atomic E-state index is 0. The zero-order valence-corrected chi connectivity index (χ0v) is 9.92. The Morgan fingerprint density at radius 1 is 1.21 bits per heavy atom. The first kappa shape index (κ1) is 12.1. The third kappa shape index (κ3) is 2.54. The highest BCUT2D eigenvalue weighted by atomic mass is 35.5. The number of hydrogen-bond acceptors (Lipinski definition) is 1. The largest absolute Gasteiger partial charge is 0.316 e. The molecule has 1 fully saturated rings. The number of halogens is 3. The van der Waals surface area contributed by atoms with Gasteiger partial charge in [0.2, 0.25) is 0 Å². The van der Waals surface area contributed by atoms with Crippen LogP contribution < -0.4 is 5.32 Å². The maximum absolute atomic E-state index is 5.94. The maximum Gasteiger partial charge on any atom is 0.0595 e. The summed E-state index contributed by atoms with van der Waals surface area (Å²) in [6.45, 7) is 2.16. The van der Waals surface area contributed by atoms with Gasteiger partial charge in [0.05, 0.1) is 10.0 Å². The molecule has 1 N–H and O–H groups in total. The molecule has 1 saturated heterocycles. The van der Waals surface area contributed by atoms with E-state index in [0.29, 0.717) is 16.0 Å². The van der Waals surface area contributed by atoms with Crippen molar-refractivity contribution in [2.24, 2.45) is 0 Å². The Morgan fingerprint density at radius 3 is 2.57 bits per heavy atom. The number of hydrogen-bond donors (Lipinski definition) is 1. The molecule has 0 radical (unpaired) electrons. The van der Waals surface area contributed by atoms with Gasteiger partial charge < -0.3 is 5.32 Å². The van der Waals surface area contributed by atoms with Gasteiger partial charge in [-0.05, 0) is 36.6 Å². The molecule has 0 amide bonds. The van der Waals surface area contributed by atoms with Gasteiger partial charge in [-0.15, -0.1) is 12.4 Å². The van der Waals surface area contributed by atoms with Crippen LogP contribution >= 0.6 is 35.6 Å². The van der Waals surface area contributed by atoms with Gasteiger partial charge in [0.15, 0.2) is 0 Å². The molecule has 1 aliphatic rings. The molecule has 1 aliphatic heterocycles. The minimum atomic E-state index is 0. The summed E-state index contributed by atoms with van der Waals surface area (Å²) in [7, 11) is 0. The van der Waals surface area contributed by atoms with Crippen molar-refractivity contribution in [3.8, 4) is 0 Å². The molecule has 1 nitrogen and oxygen atoms in total. The number of nitrogens with one attached hydrogen (secondary N) is 1. The van der Waals surface area contributed by atoms with Crippen LogP contribution in [0.4, 0.5) is 0 Å². The zero-order chi connectivity index (χ0) is 9.26. The lowest BCUT2D eigenvalue weighted by molar-refractivity contribution is 0.763. The van der Waals surface area contributed by atoms with E-state index in [2.05, 4.69) is 11.4 Å². The molecular formula is C10H12Cl3N. The molecule has 78 valence electrons. The van der Waals surface area contributed by atoms with Crippen LogP contribution in [-0.4, -0.2) is 13.1 Å². The van der Waals surface area contributed by atoms with Crippen LogP contribution in [0.2, 0.25) is 10.0 Å². The lowest BCUT2D eigenvalue weighted by atomic mass is 9.99. The van der Waals surface area contributed by atoms with Crippen LogP contribution in [0, 0.1) is 0 Å². The van der Waals surface area contributed by atoms with Crippen LogP contribution in [0.15, 0.2) is 18.2 Å². The summed E-state index contributed by atoms with van der Waals surface area (Å²) in [5, 5.41) is 4.62. The molecule has 2 rings (SSSR count). The molecule has 0 aromatic heterocycles. The fourth-order valence-electron chi connectivity index (χ4n) is 1.71. The van der Waals surface area contributed by atoms with Crippen LogP contribution in [0.3, 0.4) is 0 Å². The monoisotopic (exact) mass is 251 g/mol.